The van der Waals surface area contributed by atoms with E-state index in [1.165, 1.54) is 0 Å². The molecule has 0 unspecified atom stereocenters. The number of carbonyl (C=O) groups is 2. The molecule has 0 bridgehead atoms. The second-order valence-electron chi connectivity index (χ2n) is 3.98. The van der Waals surface area contributed by atoms with E-state index in [2.05, 4.69) is 10.6 Å². The lowest BCUT2D eigenvalue weighted by molar-refractivity contribution is -0.135. The number of hydrogen-bond acceptors (Lipinski definition) is 3. The number of benzene rings is 1. The van der Waals surface area contributed by atoms with E-state index in [4.69, 9.17) is 9.84 Å². The summed E-state index contributed by atoms with van der Waals surface area (Å²) in [4.78, 5) is 21.7. The van der Waals surface area contributed by atoms with Crippen LogP contribution in [0.5, 0.6) is 5.75 Å². The molecule has 0 saturated carbocycles. The van der Waals surface area contributed by atoms with Gasteiger partial charge in [0.2, 0.25) is 0 Å². The average Bonchev–Trinajstić information content (AvgIpc) is 2.36. The minimum Gasteiger partial charge on any atom is -0.493 e. The lowest BCUT2D eigenvalue weighted by Crippen LogP contribution is -2.33. The molecule has 18 heavy (non-hydrogen) atoms. The molecular weight excluding hydrogens is 236 g/mol. The van der Waals surface area contributed by atoms with Crippen LogP contribution in [0.2, 0.25) is 0 Å². The fourth-order valence-electron chi connectivity index (χ4n) is 1.77. The van der Waals surface area contributed by atoms with E-state index in [-0.39, 0.29) is 0 Å². The van der Waals surface area contributed by atoms with E-state index in [1.807, 2.05) is 6.07 Å². The molecule has 96 valence electrons. The smallest absolute Gasteiger partial charge is 0.323 e. The third-order valence-electron chi connectivity index (χ3n) is 2.57. The summed E-state index contributed by atoms with van der Waals surface area (Å²) in [5, 5.41) is 13.2. The van der Waals surface area contributed by atoms with Crippen LogP contribution in [0.1, 0.15) is 12.0 Å². The summed E-state index contributed by atoms with van der Waals surface area (Å²) in [7, 11) is 0. The van der Waals surface area contributed by atoms with Gasteiger partial charge in [-0.15, -0.1) is 0 Å². The number of anilines is 1. The first-order chi connectivity index (χ1) is 8.65. The molecule has 0 spiro atoms. The Hall–Kier alpha value is -2.24. The van der Waals surface area contributed by atoms with Crippen LogP contribution in [0.15, 0.2) is 18.2 Å². The van der Waals surface area contributed by atoms with Crippen molar-refractivity contribution in [1.29, 1.82) is 0 Å². The number of aliphatic carboxylic acids is 1. The van der Waals surface area contributed by atoms with Gasteiger partial charge >= 0.3 is 12.0 Å². The quantitative estimate of drug-likeness (QED) is 0.752. The molecule has 1 aromatic rings. The Labute approximate surface area is 104 Å². The van der Waals surface area contributed by atoms with Crippen LogP contribution in [0, 0.1) is 0 Å². The summed E-state index contributed by atoms with van der Waals surface area (Å²) in [6.07, 6.45) is 1.88. The fraction of sp³-hybridized carbons (Fsp3) is 0.333. The number of carboxylic acids is 1. The van der Waals surface area contributed by atoms with Crippen molar-refractivity contribution in [2.45, 2.75) is 12.8 Å². The monoisotopic (exact) mass is 250 g/mol. The number of ether oxygens (including phenoxy) is 1. The van der Waals surface area contributed by atoms with E-state index in [0.29, 0.717) is 5.69 Å². The molecule has 6 heteroatoms. The Morgan fingerprint density at radius 2 is 2.22 bits per heavy atom. The third kappa shape index (κ3) is 3.13. The highest BCUT2D eigenvalue weighted by molar-refractivity contribution is 5.91. The number of carboxylic acid groups (broad SMARTS) is 1. The first kappa shape index (κ1) is 12.2. The first-order valence-electron chi connectivity index (χ1n) is 5.67. The maximum absolute atomic E-state index is 11.4. The summed E-state index contributed by atoms with van der Waals surface area (Å²) >= 11 is 0. The van der Waals surface area contributed by atoms with Gasteiger partial charge in [0.05, 0.1) is 6.61 Å². The molecule has 0 atom stereocenters. The van der Waals surface area contributed by atoms with Crippen molar-refractivity contribution in [3.8, 4) is 5.75 Å². The zero-order valence-corrected chi connectivity index (χ0v) is 9.73. The molecule has 3 N–H and O–H groups in total. The molecule has 0 fully saturated rings. The van der Waals surface area contributed by atoms with Crippen LogP contribution in [0.3, 0.4) is 0 Å². The zero-order valence-electron chi connectivity index (χ0n) is 9.73. The molecule has 6 nitrogen and oxygen atoms in total. The Kier molecular flexibility index (Phi) is 3.66. The Balaban J connectivity index is 1.97. The molecule has 1 aromatic carbocycles. The molecule has 1 aliphatic heterocycles. The normalized spacial score (nSPS) is 13.1. The van der Waals surface area contributed by atoms with Crippen LogP contribution < -0.4 is 15.4 Å². The summed E-state index contributed by atoms with van der Waals surface area (Å²) in [5.74, 6) is -0.235. The van der Waals surface area contributed by atoms with Crippen LogP contribution >= 0.6 is 0 Å². The van der Waals surface area contributed by atoms with Crippen LogP contribution in [-0.2, 0) is 11.2 Å². The molecule has 0 saturated heterocycles. The molecule has 0 aromatic heterocycles. The van der Waals surface area contributed by atoms with Crippen molar-refractivity contribution < 1.29 is 19.4 Å². The Bertz CT molecular complexity index is 473. The van der Waals surface area contributed by atoms with Gasteiger partial charge in [0, 0.05) is 5.69 Å². The van der Waals surface area contributed by atoms with Crippen LogP contribution in [0.25, 0.3) is 0 Å². The predicted molar refractivity (Wildman–Crippen MR) is 64.9 cm³/mol. The molecule has 1 aliphatic rings. The number of urea groups is 1. The van der Waals surface area contributed by atoms with Gasteiger partial charge in [-0.1, -0.05) is 0 Å². The SMILES string of the molecule is O=C(O)CNC(=O)Nc1ccc2c(c1)CCCO2. The molecule has 1 heterocycles. The predicted octanol–water partition coefficient (Wildman–Crippen LogP) is 1.22. The van der Waals surface area contributed by atoms with E-state index in [0.717, 1.165) is 30.8 Å². The van der Waals surface area contributed by atoms with E-state index < -0.39 is 18.5 Å². The van der Waals surface area contributed by atoms with Gasteiger partial charge in [-0.3, -0.25) is 4.79 Å². The van der Waals surface area contributed by atoms with Crippen molar-refractivity contribution in [1.82, 2.24) is 5.32 Å². The summed E-state index contributed by atoms with van der Waals surface area (Å²) in [6, 6.07) is 4.84. The highest BCUT2D eigenvalue weighted by atomic mass is 16.5. The van der Waals surface area contributed by atoms with Gasteiger partial charge in [-0.25, -0.2) is 4.79 Å². The number of carbonyl (C=O) groups excluding carboxylic acids is 1. The maximum atomic E-state index is 11.4. The summed E-state index contributed by atoms with van der Waals surface area (Å²) < 4.78 is 5.46. The Morgan fingerprint density at radius 1 is 1.39 bits per heavy atom. The Morgan fingerprint density at radius 3 is 3.00 bits per heavy atom. The van der Waals surface area contributed by atoms with Gasteiger partial charge in [0.15, 0.2) is 0 Å². The average molecular weight is 250 g/mol. The summed E-state index contributed by atoms with van der Waals surface area (Å²) in [5.41, 5.74) is 1.68. The second-order valence-corrected chi connectivity index (χ2v) is 3.98. The highest BCUT2D eigenvalue weighted by Gasteiger charge is 2.11. The van der Waals surface area contributed by atoms with E-state index in [1.54, 1.807) is 12.1 Å². The second kappa shape index (κ2) is 5.39. The van der Waals surface area contributed by atoms with Crippen molar-refractivity contribution in [3.05, 3.63) is 23.8 Å². The van der Waals surface area contributed by atoms with Crippen molar-refractivity contribution >= 4 is 17.7 Å². The fourth-order valence-corrected chi connectivity index (χ4v) is 1.77. The van der Waals surface area contributed by atoms with Gasteiger partial charge < -0.3 is 20.5 Å². The van der Waals surface area contributed by atoms with Gasteiger partial charge in [0.25, 0.3) is 0 Å². The molecule has 2 rings (SSSR count). The number of aryl methyl sites for hydroxylation is 1. The maximum Gasteiger partial charge on any atom is 0.323 e. The molecule has 0 aliphatic carbocycles. The van der Waals surface area contributed by atoms with Gasteiger partial charge in [-0.05, 0) is 36.6 Å². The first-order valence-corrected chi connectivity index (χ1v) is 5.67. The van der Waals surface area contributed by atoms with Crippen molar-refractivity contribution in [3.63, 3.8) is 0 Å². The standard InChI is InChI=1S/C12H14N2O4/c15-11(16)7-13-12(17)14-9-3-4-10-8(6-9)2-1-5-18-10/h3-4,6H,1-2,5,7H2,(H,15,16)(H2,13,14,17). The summed E-state index contributed by atoms with van der Waals surface area (Å²) in [6.45, 7) is 0.318. The lowest BCUT2D eigenvalue weighted by atomic mass is 10.1. The van der Waals surface area contributed by atoms with Crippen molar-refractivity contribution in [2.24, 2.45) is 0 Å². The van der Waals surface area contributed by atoms with Gasteiger partial charge in [0.1, 0.15) is 12.3 Å². The highest BCUT2D eigenvalue weighted by Crippen LogP contribution is 2.27. The molecule has 0 radical (unpaired) electrons. The number of rotatable bonds is 3. The number of hydrogen-bond donors (Lipinski definition) is 3. The third-order valence-corrected chi connectivity index (χ3v) is 2.57. The lowest BCUT2D eigenvalue weighted by Gasteiger charge is -2.18. The zero-order chi connectivity index (χ0) is 13.0. The van der Waals surface area contributed by atoms with Crippen molar-refractivity contribution in [2.75, 3.05) is 18.5 Å². The number of fused-ring (bicyclic) bond motifs is 1. The van der Waals surface area contributed by atoms with Crippen LogP contribution in [-0.4, -0.2) is 30.3 Å². The number of amides is 2. The topological polar surface area (TPSA) is 87.7 Å². The van der Waals surface area contributed by atoms with Gasteiger partial charge in [-0.2, -0.15) is 0 Å². The largest absolute Gasteiger partial charge is 0.493 e. The van der Waals surface area contributed by atoms with E-state index >= 15 is 0 Å². The minimum absolute atomic E-state index is 0.403. The van der Waals surface area contributed by atoms with E-state index in [9.17, 15) is 9.59 Å². The van der Waals surface area contributed by atoms with Crippen LogP contribution in [0.4, 0.5) is 10.5 Å². The molecule has 2 amide bonds. The molecular formula is C12H14N2O4. The number of nitrogens with one attached hydrogen (secondary N) is 2. The minimum atomic E-state index is -1.08.